The van der Waals surface area contributed by atoms with Crippen molar-refractivity contribution in [2.75, 3.05) is 31.8 Å². The van der Waals surface area contributed by atoms with Gasteiger partial charge in [-0.3, -0.25) is 14.4 Å². The average Bonchev–Trinajstić information content (AvgIpc) is 3.26. The summed E-state index contributed by atoms with van der Waals surface area (Å²) in [5.41, 5.74) is -1.90. The van der Waals surface area contributed by atoms with E-state index in [1.54, 1.807) is 43.2 Å². The predicted octanol–water partition coefficient (Wildman–Crippen LogP) is 3.26. The van der Waals surface area contributed by atoms with Crippen molar-refractivity contribution in [1.82, 2.24) is 4.90 Å². The van der Waals surface area contributed by atoms with Crippen molar-refractivity contribution >= 4 is 23.5 Å². The van der Waals surface area contributed by atoms with Crippen molar-refractivity contribution in [3.05, 3.63) is 48.6 Å². The van der Waals surface area contributed by atoms with Gasteiger partial charge in [0.2, 0.25) is 5.91 Å². The summed E-state index contributed by atoms with van der Waals surface area (Å²) in [6.07, 6.45) is 10.4. The zero-order valence-corrected chi connectivity index (χ0v) is 23.7. The van der Waals surface area contributed by atoms with E-state index in [9.17, 15) is 19.5 Å². The van der Waals surface area contributed by atoms with Crippen LogP contribution >= 0.6 is 0 Å². The highest BCUT2D eigenvalue weighted by atomic mass is 16.6. The quantitative estimate of drug-likeness (QED) is 0.427. The first kappa shape index (κ1) is 28.4. The molecular weight excluding hydrogens is 512 g/mol. The van der Waals surface area contributed by atoms with Gasteiger partial charge in [-0.25, -0.2) is 0 Å². The summed E-state index contributed by atoms with van der Waals surface area (Å²) in [5, 5.41) is 10.5. The van der Waals surface area contributed by atoms with Gasteiger partial charge in [0.05, 0.1) is 37.9 Å². The average molecular weight is 553 g/mol. The number of cyclic esters (lactones) is 1. The Morgan fingerprint density at radius 3 is 2.48 bits per heavy atom. The van der Waals surface area contributed by atoms with Gasteiger partial charge < -0.3 is 29.1 Å². The number of aliphatic hydroxyl groups is 1. The smallest absolute Gasteiger partial charge is 0.313 e. The van der Waals surface area contributed by atoms with E-state index in [4.69, 9.17) is 14.2 Å². The summed E-state index contributed by atoms with van der Waals surface area (Å²) in [6.45, 7) is 6.05. The maximum absolute atomic E-state index is 14.6. The number of nitrogens with zero attached hydrogens (tertiary/aromatic N) is 2. The number of amides is 2. The molecule has 9 heteroatoms. The Bertz CT molecular complexity index is 1190. The van der Waals surface area contributed by atoms with Crippen LogP contribution in [0, 0.1) is 17.8 Å². The lowest BCUT2D eigenvalue weighted by Crippen LogP contribution is -2.59. The summed E-state index contributed by atoms with van der Waals surface area (Å²) in [5.74, 6) is -2.28. The summed E-state index contributed by atoms with van der Waals surface area (Å²) in [4.78, 5) is 45.8. The molecule has 9 nitrogen and oxygen atoms in total. The van der Waals surface area contributed by atoms with E-state index in [0.717, 1.165) is 19.3 Å². The van der Waals surface area contributed by atoms with Crippen LogP contribution in [0.4, 0.5) is 5.69 Å². The molecule has 216 valence electrons. The van der Waals surface area contributed by atoms with Crippen LogP contribution in [0.3, 0.4) is 0 Å². The number of hydrogen-bond donors (Lipinski definition) is 1. The number of carbonyl (C=O) groups is 3. The molecule has 4 aliphatic heterocycles. The number of ether oxygens (including phenoxy) is 3. The second-order valence-electron chi connectivity index (χ2n) is 11.8. The number of aliphatic hydroxyl groups excluding tert-OH is 1. The molecule has 1 aromatic carbocycles. The Morgan fingerprint density at radius 1 is 1.05 bits per heavy atom. The predicted molar refractivity (Wildman–Crippen MR) is 149 cm³/mol. The van der Waals surface area contributed by atoms with Gasteiger partial charge in [-0.15, -0.1) is 0 Å². The molecule has 6 atom stereocenters. The van der Waals surface area contributed by atoms with Crippen LogP contribution < -0.4 is 9.64 Å². The topological polar surface area (TPSA) is 106 Å². The number of carbonyl (C=O) groups excluding carboxylic acids is 3. The molecule has 2 amide bonds. The fourth-order valence-corrected chi connectivity index (χ4v) is 6.94. The number of allylic oxidation sites excluding steroid dienone is 1. The summed E-state index contributed by atoms with van der Waals surface area (Å²) < 4.78 is 17.8. The van der Waals surface area contributed by atoms with Crippen LogP contribution in [-0.2, 0) is 23.9 Å². The van der Waals surface area contributed by atoms with E-state index in [2.05, 4.69) is 0 Å². The zero-order chi connectivity index (χ0) is 28.7. The Hall–Kier alpha value is -3.17. The van der Waals surface area contributed by atoms with E-state index >= 15 is 0 Å². The molecule has 2 saturated heterocycles. The normalized spacial score (nSPS) is 33.6. The second kappa shape index (κ2) is 11.0. The molecular formula is C31H40N2O7. The molecule has 0 saturated carbocycles. The number of methoxy groups -OCH3 is 1. The first-order valence-corrected chi connectivity index (χ1v) is 14.3. The number of likely N-dealkylation sites (tertiary alicyclic amines) is 1. The van der Waals surface area contributed by atoms with Crippen molar-refractivity contribution in [3.63, 3.8) is 0 Å². The van der Waals surface area contributed by atoms with Crippen LogP contribution in [0.5, 0.6) is 5.75 Å². The van der Waals surface area contributed by atoms with E-state index in [1.807, 2.05) is 38.2 Å². The Labute approximate surface area is 235 Å². The maximum Gasteiger partial charge on any atom is 0.313 e. The van der Waals surface area contributed by atoms with Gasteiger partial charge in [-0.1, -0.05) is 38.2 Å². The standard InChI is InChI=1S/C31H40N2O7/c1-20(2)18-22(19-34)33-26-28(36)32(21-10-12-23(38-4)13-11-21)16-9-15-31(26)24(27(33)35)25-29(37)39-17-8-6-5-7-14-30(25,3)40-31/h7,9-15,20,22,24-26,34H,5-6,8,16-19H2,1-4H3/b14-7-/t22-,24+,25-,26?,30+,31+/m1/s1. The fraction of sp³-hybridized carbons (Fsp3) is 0.581. The second-order valence-corrected chi connectivity index (χ2v) is 11.8. The van der Waals surface area contributed by atoms with E-state index in [0.29, 0.717) is 17.9 Å². The number of anilines is 1. The lowest BCUT2D eigenvalue weighted by molar-refractivity contribution is -0.160. The van der Waals surface area contributed by atoms with Gasteiger partial charge in [0.25, 0.3) is 5.91 Å². The highest BCUT2D eigenvalue weighted by Gasteiger charge is 2.75. The molecule has 2 fully saturated rings. The minimum Gasteiger partial charge on any atom is -0.497 e. The van der Waals surface area contributed by atoms with Crippen LogP contribution in [0.25, 0.3) is 0 Å². The monoisotopic (exact) mass is 552 g/mol. The lowest BCUT2D eigenvalue weighted by atomic mass is 9.74. The number of esters is 1. The highest BCUT2D eigenvalue weighted by molar-refractivity contribution is 6.05. The summed E-state index contributed by atoms with van der Waals surface area (Å²) in [6, 6.07) is 5.48. The SMILES string of the molecule is COc1ccc(N2CC=C[C@]34O[C@@]5(C)/C=C\CCCCOC(=O)[C@H]5[C@H]3C(=O)N([C@@H](CO)CC(C)C)C4C2=O)cc1. The first-order chi connectivity index (χ1) is 19.2. The van der Waals surface area contributed by atoms with Gasteiger partial charge in [-0.2, -0.15) is 0 Å². The first-order valence-electron chi connectivity index (χ1n) is 14.3. The molecule has 1 spiro atoms. The lowest BCUT2D eigenvalue weighted by Gasteiger charge is -2.40. The number of rotatable bonds is 6. The third kappa shape index (κ3) is 4.63. The number of fused-ring (bicyclic) bond motifs is 2. The van der Waals surface area contributed by atoms with Gasteiger partial charge in [0.1, 0.15) is 23.3 Å². The summed E-state index contributed by atoms with van der Waals surface area (Å²) in [7, 11) is 1.58. The molecule has 1 N–H and O–H groups in total. The van der Waals surface area contributed by atoms with Crippen LogP contribution in [-0.4, -0.2) is 77.9 Å². The van der Waals surface area contributed by atoms with Crippen molar-refractivity contribution in [2.45, 2.75) is 69.7 Å². The van der Waals surface area contributed by atoms with Crippen LogP contribution in [0.15, 0.2) is 48.6 Å². The van der Waals surface area contributed by atoms with Crippen molar-refractivity contribution in [3.8, 4) is 5.75 Å². The Balaban J connectivity index is 1.66. The zero-order valence-electron chi connectivity index (χ0n) is 23.7. The Morgan fingerprint density at radius 2 is 1.80 bits per heavy atom. The molecule has 40 heavy (non-hydrogen) atoms. The molecule has 1 aromatic rings. The molecule has 0 bridgehead atoms. The van der Waals surface area contributed by atoms with E-state index in [-0.39, 0.29) is 37.5 Å². The van der Waals surface area contributed by atoms with Crippen molar-refractivity contribution in [1.29, 1.82) is 0 Å². The molecule has 4 heterocycles. The largest absolute Gasteiger partial charge is 0.497 e. The molecule has 5 rings (SSSR count). The van der Waals surface area contributed by atoms with Crippen molar-refractivity contribution < 1.29 is 33.7 Å². The number of hydrogen-bond acceptors (Lipinski definition) is 7. The van der Waals surface area contributed by atoms with Gasteiger partial charge >= 0.3 is 5.97 Å². The highest BCUT2D eigenvalue weighted by Crippen LogP contribution is 2.57. The number of benzene rings is 1. The molecule has 1 unspecified atom stereocenters. The Kier molecular flexibility index (Phi) is 7.81. The summed E-state index contributed by atoms with van der Waals surface area (Å²) >= 11 is 0. The minimum absolute atomic E-state index is 0.156. The van der Waals surface area contributed by atoms with Gasteiger partial charge in [0.15, 0.2) is 0 Å². The minimum atomic E-state index is -1.41. The molecule has 0 aliphatic carbocycles. The maximum atomic E-state index is 14.6. The third-order valence-electron chi connectivity index (χ3n) is 8.67. The molecule has 0 radical (unpaired) electrons. The molecule has 0 aromatic heterocycles. The van der Waals surface area contributed by atoms with E-state index in [1.165, 1.54) is 4.90 Å². The van der Waals surface area contributed by atoms with E-state index < -0.39 is 41.1 Å². The van der Waals surface area contributed by atoms with Crippen LogP contribution in [0.2, 0.25) is 0 Å². The van der Waals surface area contributed by atoms with Gasteiger partial charge in [0, 0.05) is 12.2 Å². The fourth-order valence-electron chi connectivity index (χ4n) is 6.94. The van der Waals surface area contributed by atoms with Crippen molar-refractivity contribution in [2.24, 2.45) is 17.8 Å². The molecule has 4 aliphatic rings. The van der Waals surface area contributed by atoms with Crippen LogP contribution in [0.1, 0.15) is 46.5 Å². The van der Waals surface area contributed by atoms with Gasteiger partial charge in [-0.05, 0) is 62.8 Å². The third-order valence-corrected chi connectivity index (χ3v) is 8.67.